The van der Waals surface area contributed by atoms with Crippen LogP contribution in [0.25, 0.3) is 0 Å². The van der Waals surface area contributed by atoms with E-state index < -0.39 is 0 Å². The van der Waals surface area contributed by atoms with Crippen LogP contribution in [0.5, 0.6) is 0 Å². The molecule has 1 aliphatic heterocycles. The summed E-state index contributed by atoms with van der Waals surface area (Å²) in [5.74, 6) is 0.106. The smallest absolute Gasteiger partial charge is 0.238 e. The minimum absolute atomic E-state index is 0.106. The Labute approximate surface area is 148 Å². The summed E-state index contributed by atoms with van der Waals surface area (Å²) in [7, 11) is 0. The van der Waals surface area contributed by atoms with Gasteiger partial charge < -0.3 is 10.6 Å². The molecule has 0 aromatic heterocycles. The van der Waals surface area contributed by atoms with Gasteiger partial charge in [0.2, 0.25) is 5.91 Å². The zero-order valence-electron chi connectivity index (χ0n) is 13.9. The number of piperidine rings is 1. The molecule has 1 fully saturated rings. The van der Waals surface area contributed by atoms with E-state index in [-0.39, 0.29) is 17.2 Å². The maximum atomic E-state index is 13.0. The predicted octanol–water partition coefficient (Wildman–Crippen LogP) is 3.78. The van der Waals surface area contributed by atoms with Crippen molar-refractivity contribution in [2.24, 2.45) is 0 Å². The number of rotatable bonds is 5. The molecule has 1 heterocycles. The van der Waals surface area contributed by atoms with Gasteiger partial charge in [0.05, 0.1) is 0 Å². The van der Waals surface area contributed by atoms with Crippen LogP contribution in [-0.4, -0.2) is 24.5 Å². The molecule has 1 amide bonds. The van der Waals surface area contributed by atoms with E-state index in [9.17, 15) is 4.79 Å². The van der Waals surface area contributed by atoms with Crippen molar-refractivity contribution < 1.29 is 4.79 Å². The number of amides is 1. The summed E-state index contributed by atoms with van der Waals surface area (Å²) < 4.78 is 0. The fourth-order valence-electron chi connectivity index (χ4n) is 3.08. The molecule has 1 aliphatic rings. The summed E-state index contributed by atoms with van der Waals surface area (Å²) in [5, 5.41) is 6.47. The lowest BCUT2D eigenvalue weighted by Crippen LogP contribution is -2.47. The van der Waals surface area contributed by atoms with E-state index in [0.717, 1.165) is 29.8 Å². The van der Waals surface area contributed by atoms with E-state index in [1.807, 2.05) is 48.5 Å². The minimum atomic E-state index is -0.223. The first-order valence-corrected chi connectivity index (χ1v) is 9.41. The van der Waals surface area contributed by atoms with E-state index >= 15 is 0 Å². The van der Waals surface area contributed by atoms with Gasteiger partial charge in [-0.1, -0.05) is 48.5 Å². The van der Waals surface area contributed by atoms with Crippen LogP contribution in [0, 0.1) is 0 Å². The normalized spacial score (nSPS) is 21.9. The van der Waals surface area contributed by atoms with Crippen molar-refractivity contribution >= 4 is 17.7 Å². The standard InChI is InChI=1S/C20H24N2OS/c1-15-14-17(12-13-21-15)22-20(23)19(16-8-4-2-5-9-16)24-18-10-6-3-7-11-18/h2-11,15,17,19,21H,12-14H2,1H3,(H,22,23). The van der Waals surface area contributed by atoms with Gasteiger partial charge in [0.15, 0.2) is 0 Å². The summed E-state index contributed by atoms with van der Waals surface area (Å²) in [6.07, 6.45) is 1.98. The number of benzene rings is 2. The van der Waals surface area contributed by atoms with E-state index in [0.29, 0.717) is 6.04 Å². The molecule has 2 aromatic carbocycles. The molecule has 126 valence electrons. The molecule has 2 aromatic rings. The summed E-state index contributed by atoms with van der Waals surface area (Å²) in [5.41, 5.74) is 1.05. The first-order valence-electron chi connectivity index (χ1n) is 8.53. The van der Waals surface area contributed by atoms with Crippen LogP contribution in [0.1, 0.15) is 30.6 Å². The van der Waals surface area contributed by atoms with E-state index in [2.05, 4.69) is 29.7 Å². The zero-order valence-corrected chi connectivity index (χ0v) is 14.8. The van der Waals surface area contributed by atoms with Crippen LogP contribution < -0.4 is 10.6 Å². The van der Waals surface area contributed by atoms with Crippen molar-refractivity contribution in [2.75, 3.05) is 6.54 Å². The molecule has 4 heteroatoms. The Morgan fingerprint density at radius 3 is 2.46 bits per heavy atom. The highest BCUT2D eigenvalue weighted by atomic mass is 32.2. The van der Waals surface area contributed by atoms with E-state index in [1.54, 1.807) is 11.8 Å². The number of hydrogen-bond donors (Lipinski definition) is 2. The van der Waals surface area contributed by atoms with Gasteiger partial charge in [0.1, 0.15) is 5.25 Å². The number of nitrogens with one attached hydrogen (secondary N) is 2. The quantitative estimate of drug-likeness (QED) is 0.814. The SMILES string of the molecule is CC1CC(NC(=O)C(Sc2ccccc2)c2ccccc2)CCN1. The lowest BCUT2D eigenvalue weighted by molar-refractivity contribution is -0.121. The van der Waals surface area contributed by atoms with E-state index in [4.69, 9.17) is 0 Å². The molecule has 1 saturated heterocycles. The second-order valence-corrected chi connectivity index (χ2v) is 7.49. The highest BCUT2D eigenvalue weighted by molar-refractivity contribution is 8.00. The Hall–Kier alpha value is -1.78. The number of hydrogen-bond acceptors (Lipinski definition) is 3. The zero-order chi connectivity index (χ0) is 16.8. The molecule has 3 rings (SSSR count). The van der Waals surface area contributed by atoms with Gasteiger partial charge in [-0.3, -0.25) is 4.79 Å². The van der Waals surface area contributed by atoms with Crippen molar-refractivity contribution in [3.63, 3.8) is 0 Å². The highest BCUT2D eigenvalue weighted by Gasteiger charge is 2.26. The molecule has 3 atom stereocenters. The monoisotopic (exact) mass is 340 g/mol. The predicted molar refractivity (Wildman–Crippen MR) is 100 cm³/mol. The minimum Gasteiger partial charge on any atom is -0.352 e. The molecule has 3 unspecified atom stereocenters. The van der Waals surface area contributed by atoms with Crippen LogP contribution in [-0.2, 0) is 4.79 Å². The maximum Gasteiger partial charge on any atom is 0.238 e. The first kappa shape index (κ1) is 17.1. The Kier molecular flexibility index (Phi) is 5.94. The van der Waals surface area contributed by atoms with Crippen molar-refractivity contribution in [2.45, 2.75) is 42.0 Å². The van der Waals surface area contributed by atoms with E-state index in [1.165, 1.54) is 0 Å². The average Bonchev–Trinajstić information content (AvgIpc) is 2.61. The van der Waals surface area contributed by atoms with Crippen LogP contribution >= 0.6 is 11.8 Å². The summed E-state index contributed by atoms with van der Waals surface area (Å²) >= 11 is 1.61. The lowest BCUT2D eigenvalue weighted by atomic mass is 10.00. The van der Waals surface area contributed by atoms with Gasteiger partial charge in [0.25, 0.3) is 0 Å². The maximum absolute atomic E-state index is 13.0. The molecule has 0 aliphatic carbocycles. The second kappa shape index (κ2) is 8.36. The molecule has 0 bridgehead atoms. The van der Waals surface area contributed by atoms with Gasteiger partial charge >= 0.3 is 0 Å². The summed E-state index contributed by atoms with van der Waals surface area (Å²) in [6, 6.07) is 20.9. The third-order valence-electron chi connectivity index (χ3n) is 4.31. The molecule has 0 spiro atoms. The van der Waals surface area contributed by atoms with Crippen LogP contribution in [0.3, 0.4) is 0 Å². The fraction of sp³-hybridized carbons (Fsp3) is 0.350. The molecule has 2 N–H and O–H groups in total. The van der Waals surface area contributed by atoms with Crippen LogP contribution in [0.4, 0.5) is 0 Å². The Bertz CT molecular complexity index is 647. The Morgan fingerprint density at radius 1 is 1.12 bits per heavy atom. The summed E-state index contributed by atoms with van der Waals surface area (Å²) in [4.78, 5) is 14.1. The molecule has 0 radical (unpaired) electrons. The Morgan fingerprint density at radius 2 is 1.79 bits per heavy atom. The summed E-state index contributed by atoms with van der Waals surface area (Å²) in [6.45, 7) is 3.14. The van der Waals surface area contributed by atoms with Crippen LogP contribution in [0.15, 0.2) is 65.6 Å². The molecular weight excluding hydrogens is 316 g/mol. The van der Waals surface area contributed by atoms with Crippen molar-refractivity contribution in [3.8, 4) is 0 Å². The van der Waals surface area contributed by atoms with Gasteiger partial charge in [-0.15, -0.1) is 11.8 Å². The fourth-order valence-corrected chi connectivity index (χ4v) is 4.13. The third-order valence-corrected chi connectivity index (χ3v) is 5.57. The Balaban J connectivity index is 1.75. The van der Waals surface area contributed by atoms with Gasteiger partial charge in [-0.25, -0.2) is 0 Å². The highest BCUT2D eigenvalue weighted by Crippen LogP contribution is 2.35. The van der Waals surface area contributed by atoms with Crippen LogP contribution in [0.2, 0.25) is 0 Å². The first-order chi connectivity index (χ1) is 11.7. The molecule has 0 saturated carbocycles. The number of thioether (sulfide) groups is 1. The lowest BCUT2D eigenvalue weighted by Gasteiger charge is -2.30. The molecular formula is C20H24N2OS. The largest absolute Gasteiger partial charge is 0.352 e. The third kappa shape index (κ3) is 4.62. The molecule has 24 heavy (non-hydrogen) atoms. The second-order valence-electron chi connectivity index (χ2n) is 6.31. The molecule has 3 nitrogen and oxygen atoms in total. The van der Waals surface area contributed by atoms with Crippen molar-refractivity contribution in [3.05, 3.63) is 66.2 Å². The van der Waals surface area contributed by atoms with Gasteiger partial charge in [0, 0.05) is 17.0 Å². The average molecular weight is 340 g/mol. The number of carbonyl (C=O) groups excluding carboxylic acids is 1. The van der Waals surface area contributed by atoms with Gasteiger partial charge in [-0.05, 0) is 44.0 Å². The van der Waals surface area contributed by atoms with Crippen molar-refractivity contribution in [1.82, 2.24) is 10.6 Å². The van der Waals surface area contributed by atoms with Gasteiger partial charge in [-0.2, -0.15) is 0 Å². The topological polar surface area (TPSA) is 41.1 Å². The number of carbonyl (C=O) groups is 1. The van der Waals surface area contributed by atoms with Crippen molar-refractivity contribution in [1.29, 1.82) is 0 Å².